The second kappa shape index (κ2) is 5.58. The molecule has 98 valence electrons. The van der Waals surface area contributed by atoms with Crippen molar-refractivity contribution in [2.24, 2.45) is 5.73 Å². The number of halogens is 1. The summed E-state index contributed by atoms with van der Waals surface area (Å²) in [5, 5.41) is 0. The quantitative estimate of drug-likeness (QED) is 0.850. The molecule has 1 atom stereocenters. The molecule has 0 unspecified atom stereocenters. The summed E-state index contributed by atoms with van der Waals surface area (Å²) < 4.78 is 16.6. The Balaban J connectivity index is 2.26. The van der Waals surface area contributed by atoms with Gasteiger partial charge >= 0.3 is 5.97 Å². The summed E-state index contributed by atoms with van der Waals surface area (Å²) in [5.74, 6) is 0.870. The molecule has 2 N–H and O–H groups in total. The van der Waals surface area contributed by atoms with Crippen molar-refractivity contribution in [3.8, 4) is 11.5 Å². The first-order valence-corrected chi connectivity index (χ1v) is 6.33. The number of nitrogens with two attached hydrogens (primary N) is 1. The van der Waals surface area contributed by atoms with Crippen molar-refractivity contribution in [1.82, 2.24) is 0 Å². The Bertz CT molecular complexity index is 464. The Morgan fingerprint density at radius 3 is 2.78 bits per heavy atom. The molecule has 6 heteroatoms. The number of benzene rings is 1. The van der Waals surface area contributed by atoms with Gasteiger partial charge in [0.15, 0.2) is 11.5 Å². The number of esters is 1. The standard InChI is InChI=1S/C12H14BrNO4/c1-16-12(15)9(14)6-7-2-3-8(13)11-10(7)17-4-5-18-11/h2-3,9H,4-6,14H2,1H3/t9-/m0/s1. The van der Waals surface area contributed by atoms with E-state index in [2.05, 4.69) is 20.7 Å². The van der Waals surface area contributed by atoms with Gasteiger partial charge in [-0.1, -0.05) is 6.07 Å². The van der Waals surface area contributed by atoms with E-state index in [1.54, 1.807) is 0 Å². The molecule has 18 heavy (non-hydrogen) atoms. The van der Waals surface area contributed by atoms with E-state index in [1.165, 1.54) is 7.11 Å². The van der Waals surface area contributed by atoms with Crippen molar-refractivity contribution in [3.63, 3.8) is 0 Å². The number of fused-ring (bicyclic) bond motifs is 1. The lowest BCUT2D eigenvalue weighted by atomic mass is 10.0. The van der Waals surface area contributed by atoms with Crippen LogP contribution in [0.3, 0.4) is 0 Å². The first kappa shape index (κ1) is 13.2. The number of rotatable bonds is 3. The van der Waals surface area contributed by atoms with Gasteiger partial charge in [0.2, 0.25) is 0 Å². The van der Waals surface area contributed by atoms with Crippen LogP contribution in [0, 0.1) is 0 Å². The van der Waals surface area contributed by atoms with Crippen LogP contribution < -0.4 is 15.2 Å². The van der Waals surface area contributed by atoms with Crippen LogP contribution in [0.4, 0.5) is 0 Å². The fourth-order valence-electron chi connectivity index (χ4n) is 1.79. The third-order valence-corrected chi connectivity index (χ3v) is 3.29. The molecule has 0 aliphatic carbocycles. The van der Waals surface area contributed by atoms with E-state index in [1.807, 2.05) is 12.1 Å². The van der Waals surface area contributed by atoms with Gasteiger partial charge in [0, 0.05) is 12.0 Å². The molecule has 1 aliphatic rings. The fraction of sp³-hybridized carbons (Fsp3) is 0.417. The molecule has 1 aromatic rings. The molecule has 0 amide bonds. The molecule has 2 rings (SSSR count). The summed E-state index contributed by atoms with van der Waals surface area (Å²) in [6.45, 7) is 1.00. The second-order valence-electron chi connectivity index (χ2n) is 3.90. The molecular formula is C12H14BrNO4. The highest BCUT2D eigenvalue weighted by molar-refractivity contribution is 9.10. The minimum atomic E-state index is -0.703. The van der Waals surface area contributed by atoms with Crippen LogP contribution in [0.25, 0.3) is 0 Å². The predicted molar refractivity (Wildman–Crippen MR) is 68.8 cm³/mol. The largest absolute Gasteiger partial charge is 0.486 e. The van der Waals surface area contributed by atoms with Gasteiger partial charge in [-0.15, -0.1) is 0 Å². The van der Waals surface area contributed by atoms with Crippen molar-refractivity contribution in [2.45, 2.75) is 12.5 Å². The molecule has 0 aromatic heterocycles. The number of carbonyl (C=O) groups excluding carboxylic acids is 1. The lowest BCUT2D eigenvalue weighted by Crippen LogP contribution is -2.34. The Labute approximate surface area is 113 Å². The minimum Gasteiger partial charge on any atom is -0.486 e. The molecule has 0 saturated carbocycles. The summed E-state index contributed by atoms with van der Waals surface area (Å²) in [7, 11) is 1.32. The van der Waals surface area contributed by atoms with Gasteiger partial charge in [-0.25, -0.2) is 0 Å². The molecule has 0 fully saturated rings. The highest BCUT2D eigenvalue weighted by Crippen LogP contribution is 2.40. The van der Waals surface area contributed by atoms with E-state index in [4.69, 9.17) is 15.2 Å². The van der Waals surface area contributed by atoms with Gasteiger partial charge in [0.1, 0.15) is 19.3 Å². The van der Waals surface area contributed by atoms with E-state index in [-0.39, 0.29) is 0 Å². The van der Waals surface area contributed by atoms with Gasteiger partial charge in [-0.3, -0.25) is 4.79 Å². The van der Waals surface area contributed by atoms with E-state index in [0.29, 0.717) is 31.1 Å². The van der Waals surface area contributed by atoms with Crippen LogP contribution in [0.15, 0.2) is 16.6 Å². The molecule has 0 bridgehead atoms. The Kier molecular flexibility index (Phi) is 4.08. The number of methoxy groups -OCH3 is 1. The van der Waals surface area contributed by atoms with Gasteiger partial charge in [0.05, 0.1) is 11.6 Å². The van der Waals surface area contributed by atoms with E-state index in [0.717, 1.165) is 10.0 Å². The van der Waals surface area contributed by atoms with E-state index < -0.39 is 12.0 Å². The van der Waals surface area contributed by atoms with Gasteiger partial charge < -0.3 is 19.9 Å². The average molecular weight is 316 g/mol. The van der Waals surface area contributed by atoms with E-state index >= 15 is 0 Å². The molecule has 1 aliphatic heterocycles. The highest BCUT2D eigenvalue weighted by atomic mass is 79.9. The lowest BCUT2D eigenvalue weighted by Gasteiger charge is -2.23. The third-order valence-electron chi connectivity index (χ3n) is 2.67. The summed E-state index contributed by atoms with van der Waals surface area (Å²) in [6, 6.07) is 3.01. The molecule has 1 aromatic carbocycles. The zero-order valence-corrected chi connectivity index (χ0v) is 11.5. The second-order valence-corrected chi connectivity index (χ2v) is 4.75. The van der Waals surface area contributed by atoms with Crippen LogP contribution >= 0.6 is 15.9 Å². The maximum atomic E-state index is 11.3. The number of ether oxygens (including phenoxy) is 3. The Hall–Kier alpha value is -1.27. The molecule has 5 nitrogen and oxygen atoms in total. The third kappa shape index (κ3) is 2.59. The van der Waals surface area contributed by atoms with Crippen molar-refractivity contribution < 1.29 is 19.0 Å². The molecule has 0 radical (unpaired) electrons. The maximum Gasteiger partial charge on any atom is 0.322 e. The Morgan fingerprint density at radius 1 is 1.44 bits per heavy atom. The van der Waals surface area contributed by atoms with Crippen LogP contribution in [-0.2, 0) is 16.0 Å². The van der Waals surface area contributed by atoms with Crippen molar-refractivity contribution in [3.05, 3.63) is 22.2 Å². The number of hydrogen-bond acceptors (Lipinski definition) is 5. The topological polar surface area (TPSA) is 70.8 Å². The predicted octanol–water partition coefficient (Wildman–Crippen LogP) is 1.26. The lowest BCUT2D eigenvalue weighted by molar-refractivity contribution is -0.142. The fourth-order valence-corrected chi connectivity index (χ4v) is 2.22. The van der Waals surface area contributed by atoms with Crippen LogP contribution in [-0.4, -0.2) is 32.3 Å². The summed E-state index contributed by atoms with van der Waals surface area (Å²) in [6.07, 6.45) is 0.353. The van der Waals surface area contributed by atoms with Crippen LogP contribution in [0.2, 0.25) is 0 Å². The zero-order valence-electron chi connectivity index (χ0n) is 9.94. The summed E-state index contributed by atoms with van der Waals surface area (Å²) in [4.78, 5) is 11.3. The van der Waals surface area contributed by atoms with Crippen molar-refractivity contribution in [2.75, 3.05) is 20.3 Å². The van der Waals surface area contributed by atoms with E-state index in [9.17, 15) is 4.79 Å². The Morgan fingerprint density at radius 2 is 2.11 bits per heavy atom. The average Bonchev–Trinajstić information content (AvgIpc) is 2.41. The molecule has 1 heterocycles. The normalized spacial score (nSPS) is 15.1. The summed E-state index contributed by atoms with van der Waals surface area (Å²) in [5.41, 5.74) is 6.59. The number of hydrogen-bond donors (Lipinski definition) is 1. The SMILES string of the molecule is COC(=O)[C@@H](N)Cc1ccc(Br)c2c1OCCO2. The highest BCUT2D eigenvalue weighted by Gasteiger charge is 2.22. The van der Waals surface area contributed by atoms with Gasteiger partial charge in [0.25, 0.3) is 0 Å². The van der Waals surface area contributed by atoms with Gasteiger partial charge in [-0.2, -0.15) is 0 Å². The molecule has 0 spiro atoms. The molecule has 0 saturated heterocycles. The molecular weight excluding hydrogens is 302 g/mol. The van der Waals surface area contributed by atoms with Crippen molar-refractivity contribution in [1.29, 1.82) is 0 Å². The smallest absolute Gasteiger partial charge is 0.322 e. The van der Waals surface area contributed by atoms with Crippen LogP contribution in [0.1, 0.15) is 5.56 Å². The minimum absolute atomic E-state index is 0.353. The monoisotopic (exact) mass is 315 g/mol. The summed E-state index contributed by atoms with van der Waals surface area (Å²) >= 11 is 3.40. The maximum absolute atomic E-state index is 11.3. The first-order chi connectivity index (χ1) is 8.63. The van der Waals surface area contributed by atoms with Gasteiger partial charge in [-0.05, 0) is 22.0 Å². The first-order valence-electron chi connectivity index (χ1n) is 5.54. The number of carbonyl (C=O) groups is 1. The van der Waals surface area contributed by atoms with Crippen molar-refractivity contribution >= 4 is 21.9 Å². The van der Waals surface area contributed by atoms with Crippen LogP contribution in [0.5, 0.6) is 11.5 Å². The zero-order chi connectivity index (χ0) is 13.1.